The van der Waals surface area contributed by atoms with Crippen LogP contribution in [0, 0.1) is 6.92 Å². The molecule has 3 heterocycles. The minimum absolute atomic E-state index is 0.0572. The van der Waals surface area contributed by atoms with Crippen LogP contribution in [-0.4, -0.2) is 42.0 Å². The quantitative estimate of drug-likeness (QED) is 0.261. The molecule has 0 aliphatic carbocycles. The zero-order valence-corrected chi connectivity index (χ0v) is 19.0. The Morgan fingerprint density at radius 3 is 2.62 bits per heavy atom. The summed E-state index contributed by atoms with van der Waals surface area (Å²) in [6.45, 7) is 1.62. The third-order valence-electron chi connectivity index (χ3n) is 4.96. The van der Waals surface area contributed by atoms with E-state index in [2.05, 4.69) is 4.98 Å². The lowest BCUT2D eigenvalue weighted by molar-refractivity contribution is -0.132. The molecule has 4 rings (SSSR count). The van der Waals surface area contributed by atoms with Crippen molar-refractivity contribution in [1.29, 1.82) is 0 Å². The minimum atomic E-state index is -0.891. The monoisotopic (exact) mass is 470 g/mol. The van der Waals surface area contributed by atoms with Crippen LogP contribution in [0.5, 0.6) is 5.75 Å². The summed E-state index contributed by atoms with van der Waals surface area (Å²) in [6.07, 6.45) is 0. The predicted octanol–water partition coefficient (Wildman–Crippen LogP) is 3.93. The van der Waals surface area contributed by atoms with E-state index < -0.39 is 23.7 Å². The van der Waals surface area contributed by atoms with E-state index in [1.165, 1.54) is 30.5 Å². The molecule has 1 aromatic carbocycles. The highest BCUT2D eigenvalue weighted by Gasteiger charge is 2.48. The number of anilines is 1. The normalized spacial score (nSPS) is 17.6. The number of carbonyl (C=O) groups excluding carboxylic acids is 3. The van der Waals surface area contributed by atoms with E-state index in [0.717, 1.165) is 11.3 Å². The molecule has 0 unspecified atom stereocenters. The number of methoxy groups -OCH3 is 2. The first-order valence-electron chi connectivity index (χ1n) is 9.42. The first-order chi connectivity index (χ1) is 15.4. The molecule has 0 bridgehead atoms. The van der Waals surface area contributed by atoms with Crippen molar-refractivity contribution >= 4 is 51.2 Å². The van der Waals surface area contributed by atoms with Gasteiger partial charge in [-0.2, -0.15) is 0 Å². The summed E-state index contributed by atoms with van der Waals surface area (Å²) in [6, 6.07) is 9.26. The Morgan fingerprint density at radius 1 is 1.19 bits per heavy atom. The summed E-state index contributed by atoms with van der Waals surface area (Å²) < 4.78 is 9.99. The molecule has 1 fully saturated rings. The van der Waals surface area contributed by atoms with Crippen molar-refractivity contribution in [3.8, 4) is 5.75 Å². The Hall–Kier alpha value is -3.50. The second-order valence-corrected chi connectivity index (χ2v) is 8.78. The average Bonchev–Trinajstić information content (AvgIpc) is 3.52. The Morgan fingerprint density at radius 2 is 1.97 bits per heavy atom. The van der Waals surface area contributed by atoms with E-state index in [-0.39, 0.29) is 21.3 Å². The standard InChI is InChI=1S/C22H18N2O6S2/c1-11-19(21(28)30-3)32-22(23-11)24-16(14-8-5-9-31-14)15(18(26)20(24)27)17(25)12-6-4-7-13(10-12)29-2/h4-10,16,25H,1-3H3/t16-/m0/s1. The average molecular weight is 471 g/mol. The van der Waals surface area contributed by atoms with Crippen molar-refractivity contribution in [2.24, 2.45) is 0 Å². The van der Waals surface area contributed by atoms with Crippen molar-refractivity contribution in [1.82, 2.24) is 4.98 Å². The van der Waals surface area contributed by atoms with E-state index in [0.29, 0.717) is 21.9 Å². The van der Waals surface area contributed by atoms with Crippen LogP contribution in [0.3, 0.4) is 0 Å². The Labute approximate surface area is 191 Å². The zero-order chi connectivity index (χ0) is 23.0. The number of aliphatic hydroxyl groups excluding tert-OH is 1. The van der Waals surface area contributed by atoms with Crippen LogP contribution in [0.4, 0.5) is 5.13 Å². The number of thiazole rings is 1. The van der Waals surface area contributed by atoms with E-state index in [9.17, 15) is 19.5 Å². The van der Waals surface area contributed by atoms with Gasteiger partial charge in [0.1, 0.15) is 22.4 Å². The molecule has 2 aromatic heterocycles. The lowest BCUT2D eigenvalue weighted by atomic mass is 10.00. The third kappa shape index (κ3) is 3.57. The Kier molecular flexibility index (Phi) is 5.81. The summed E-state index contributed by atoms with van der Waals surface area (Å²) in [5.41, 5.74) is 0.670. The SMILES string of the molecule is COC(=O)c1sc(N2C(=O)C(=O)C(=C(O)c3cccc(OC)c3)[C@@H]2c2cccs2)nc1C. The molecule has 0 spiro atoms. The minimum Gasteiger partial charge on any atom is -0.507 e. The van der Waals surface area contributed by atoms with Crippen molar-refractivity contribution in [3.05, 3.63) is 68.4 Å². The molecule has 0 saturated carbocycles. The summed E-state index contributed by atoms with van der Waals surface area (Å²) >= 11 is 2.30. The number of rotatable bonds is 5. The fourth-order valence-corrected chi connectivity index (χ4v) is 5.27. The van der Waals surface area contributed by atoms with Crippen LogP contribution < -0.4 is 9.64 Å². The number of benzene rings is 1. The number of ether oxygens (including phenoxy) is 2. The Bertz CT molecular complexity index is 1250. The number of Topliss-reactive ketones (excluding diaryl/α,β-unsaturated/α-hetero) is 1. The lowest BCUT2D eigenvalue weighted by Crippen LogP contribution is -2.29. The molecule has 8 nitrogen and oxygen atoms in total. The smallest absolute Gasteiger partial charge is 0.350 e. The number of thiophene rings is 1. The van der Waals surface area contributed by atoms with Crippen LogP contribution in [-0.2, 0) is 14.3 Å². The number of carbonyl (C=O) groups is 3. The van der Waals surface area contributed by atoms with Crippen LogP contribution in [0.1, 0.15) is 31.8 Å². The zero-order valence-electron chi connectivity index (χ0n) is 17.3. The van der Waals surface area contributed by atoms with Crippen molar-refractivity contribution in [2.45, 2.75) is 13.0 Å². The summed E-state index contributed by atoms with van der Waals surface area (Å²) in [5.74, 6) is -2.07. The Balaban J connectivity index is 1.90. The van der Waals surface area contributed by atoms with Gasteiger partial charge in [0.25, 0.3) is 5.78 Å². The number of hydrogen-bond donors (Lipinski definition) is 1. The number of esters is 1. The fourth-order valence-electron chi connectivity index (χ4n) is 3.44. The predicted molar refractivity (Wildman–Crippen MR) is 120 cm³/mol. The number of aryl methyl sites for hydroxylation is 1. The molecule has 1 N–H and O–H groups in total. The first kappa shape index (κ1) is 21.7. The highest BCUT2D eigenvalue weighted by Crippen LogP contribution is 2.45. The number of amides is 1. The second-order valence-electron chi connectivity index (χ2n) is 6.82. The van der Waals surface area contributed by atoms with E-state index >= 15 is 0 Å². The number of hydrogen-bond acceptors (Lipinski definition) is 9. The molecule has 32 heavy (non-hydrogen) atoms. The van der Waals surface area contributed by atoms with Gasteiger partial charge in [0.05, 0.1) is 25.5 Å². The third-order valence-corrected chi connectivity index (χ3v) is 7.02. The van der Waals surface area contributed by atoms with E-state index in [1.807, 2.05) is 5.38 Å². The molecule has 10 heteroatoms. The summed E-state index contributed by atoms with van der Waals surface area (Å²) in [4.78, 5) is 44.7. The lowest BCUT2D eigenvalue weighted by Gasteiger charge is -2.21. The maximum Gasteiger partial charge on any atom is 0.350 e. The maximum atomic E-state index is 13.1. The van der Waals surface area contributed by atoms with Crippen LogP contribution in [0.15, 0.2) is 47.4 Å². The van der Waals surface area contributed by atoms with Crippen LogP contribution >= 0.6 is 22.7 Å². The van der Waals surface area contributed by atoms with Gasteiger partial charge in [-0.3, -0.25) is 14.5 Å². The van der Waals surface area contributed by atoms with Gasteiger partial charge in [-0.05, 0) is 30.5 Å². The molecular formula is C22H18N2O6S2. The van der Waals surface area contributed by atoms with Gasteiger partial charge in [0.2, 0.25) is 0 Å². The molecular weight excluding hydrogens is 452 g/mol. The van der Waals surface area contributed by atoms with Gasteiger partial charge in [-0.1, -0.05) is 29.5 Å². The molecule has 0 radical (unpaired) electrons. The van der Waals surface area contributed by atoms with E-state index in [4.69, 9.17) is 9.47 Å². The van der Waals surface area contributed by atoms with Crippen molar-refractivity contribution in [3.63, 3.8) is 0 Å². The number of aromatic nitrogens is 1. The molecule has 1 amide bonds. The van der Waals surface area contributed by atoms with Gasteiger partial charge < -0.3 is 14.6 Å². The van der Waals surface area contributed by atoms with Gasteiger partial charge in [0.15, 0.2) is 5.13 Å². The molecule has 1 aliphatic rings. The number of nitrogens with zero attached hydrogens (tertiary/aromatic N) is 2. The van der Waals surface area contributed by atoms with Crippen LogP contribution in [0.25, 0.3) is 5.76 Å². The highest BCUT2D eigenvalue weighted by atomic mass is 32.1. The molecule has 1 saturated heterocycles. The van der Waals surface area contributed by atoms with Gasteiger partial charge in [0, 0.05) is 10.4 Å². The van der Waals surface area contributed by atoms with E-state index in [1.54, 1.807) is 43.3 Å². The van der Waals surface area contributed by atoms with Crippen molar-refractivity contribution < 1.29 is 29.0 Å². The van der Waals surface area contributed by atoms with Gasteiger partial charge in [-0.25, -0.2) is 9.78 Å². The van der Waals surface area contributed by atoms with Crippen molar-refractivity contribution in [2.75, 3.05) is 19.1 Å². The number of aliphatic hydroxyl groups is 1. The fraction of sp³-hybridized carbons (Fsp3) is 0.182. The van der Waals surface area contributed by atoms with Crippen LogP contribution in [0.2, 0.25) is 0 Å². The molecule has 3 aromatic rings. The maximum absolute atomic E-state index is 13.1. The summed E-state index contributed by atoms with van der Waals surface area (Å²) in [7, 11) is 2.75. The first-order valence-corrected chi connectivity index (χ1v) is 11.1. The van der Waals surface area contributed by atoms with Gasteiger partial charge >= 0.3 is 11.9 Å². The highest BCUT2D eigenvalue weighted by molar-refractivity contribution is 7.18. The largest absolute Gasteiger partial charge is 0.507 e. The molecule has 1 aliphatic heterocycles. The molecule has 164 valence electrons. The second kappa shape index (κ2) is 8.56. The topological polar surface area (TPSA) is 106 Å². The van der Waals surface area contributed by atoms with Gasteiger partial charge in [-0.15, -0.1) is 11.3 Å². The summed E-state index contributed by atoms with van der Waals surface area (Å²) in [5, 5.41) is 13.1. The molecule has 1 atom stereocenters. The number of ketones is 1.